The van der Waals surface area contributed by atoms with Crippen molar-refractivity contribution in [3.8, 4) is 0 Å². The molecule has 0 radical (unpaired) electrons. The molecule has 2 N–H and O–H groups in total. The fourth-order valence-electron chi connectivity index (χ4n) is 1.85. The van der Waals surface area contributed by atoms with Crippen LogP contribution in [0.1, 0.15) is 25.7 Å². The van der Waals surface area contributed by atoms with Gasteiger partial charge in [-0.25, -0.2) is 0 Å². The van der Waals surface area contributed by atoms with E-state index in [4.69, 9.17) is 0 Å². The Hall–Kier alpha value is -1.39. The van der Waals surface area contributed by atoms with Crippen LogP contribution in [0.5, 0.6) is 0 Å². The molecule has 76 valence electrons. The Labute approximate surface area is 82.0 Å². The van der Waals surface area contributed by atoms with Gasteiger partial charge >= 0.3 is 11.8 Å². The lowest BCUT2D eigenvalue weighted by atomic mass is 10.1. The van der Waals surface area contributed by atoms with Gasteiger partial charge in [-0.1, -0.05) is 12.8 Å². The standard InChI is InChI=1S/C9H13N3O2/c13-7-8(14)12-9(11-7)10-5-6-3-1-2-4-6/h6H,1-5H2,(H2,10,11,12,13,14). The van der Waals surface area contributed by atoms with Crippen molar-refractivity contribution in [1.82, 2.24) is 10.6 Å². The van der Waals surface area contributed by atoms with E-state index in [9.17, 15) is 9.59 Å². The first-order chi connectivity index (χ1) is 6.75. The zero-order valence-electron chi connectivity index (χ0n) is 7.88. The van der Waals surface area contributed by atoms with Gasteiger partial charge in [0.2, 0.25) is 5.96 Å². The van der Waals surface area contributed by atoms with Crippen molar-refractivity contribution in [2.45, 2.75) is 25.7 Å². The highest BCUT2D eigenvalue weighted by atomic mass is 16.2. The lowest BCUT2D eigenvalue weighted by Crippen LogP contribution is -2.26. The number of hydrogen-bond acceptors (Lipinski definition) is 3. The molecule has 2 rings (SSSR count). The van der Waals surface area contributed by atoms with E-state index in [1.54, 1.807) is 0 Å². The largest absolute Gasteiger partial charge is 0.316 e. The predicted octanol–water partition coefficient (Wildman–Crippen LogP) is -0.221. The second-order valence-corrected chi connectivity index (χ2v) is 3.75. The summed E-state index contributed by atoms with van der Waals surface area (Å²) in [4.78, 5) is 25.7. The molecule has 0 spiro atoms. The van der Waals surface area contributed by atoms with Crippen molar-refractivity contribution >= 4 is 17.8 Å². The van der Waals surface area contributed by atoms with E-state index < -0.39 is 11.8 Å². The first kappa shape index (κ1) is 9.18. The Kier molecular flexibility index (Phi) is 2.47. The molecular formula is C9H13N3O2. The summed E-state index contributed by atoms with van der Waals surface area (Å²) in [5.74, 6) is -0.297. The molecule has 2 aliphatic rings. The minimum Gasteiger partial charge on any atom is -0.288 e. The fourth-order valence-corrected chi connectivity index (χ4v) is 1.85. The van der Waals surface area contributed by atoms with Gasteiger partial charge in [-0.3, -0.25) is 25.2 Å². The molecule has 0 unspecified atom stereocenters. The Bertz CT molecular complexity index is 274. The summed E-state index contributed by atoms with van der Waals surface area (Å²) in [6.07, 6.45) is 4.96. The van der Waals surface area contributed by atoms with Gasteiger partial charge in [-0.15, -0.1) is 0 Å². The number of aliphatic imine (C=N–C) groups is 1. The molecule has 1 saturated carbocycles. The quantitative estimate of drug-likeness (QED) is 0.598. The van der Waals surface area contributed by atoms with Crippen LogP contribution in [0, 0.1) is 5.92 Å². The third kappa shape index (κ3) is 1.92. The molecule has 14 heavy (non-hydrogen) atoms. The van der Waals surface area contributed by atoms with Gasteiger partial charge in [-0.05, 0) is 18.8 Å². The minimum absolute atomic E-state index is 0.312. The van der Waals surface area contributed by atoms with Gasteiger partial charge in [-0.2, -0.15) is 0 Å². The van der Waals surface area contributed by atoms with E-state index in [0.717, 1.165) is 0 Å². The normalized spacial score (nSPS) is 22.4. The number of carbonyl (C=O) groups excluding carboxylic acids is 2. The van der Waals surface area contributed by atoms with Crippen molar-refractivity contribution in [2.75, 3.05) is 6.54 Å². The van der Waals surface area contributed by atoms with Crippen LogP contribution >= 0.6 is 0 Å². The lowest BCUT2D eigenvalue weighted by molar-refractivity contribution is -0.135. The summed E-state index contributed by atoms with van der Waals surface area (Å²) in [7, 11) is 0. The monoisotopic (exact) mass is 195 g/mol. The molecule has 2 fully saturated rings. The summed E-state index contributed by atoms with van der Waals surface area (Å²) in [5.41, 5.74) is 0. The maximum Gasteiger partial charge on any atom is 0.316 e. The first-order valence-electron chi connectivity index (χ1n) is 4.92. The topological polar surface area (TPSA) is 70.6 Å². The molecule has 5 nitrogen and oxygen atoms in total. The van der Waals surface area contributed by atoms with Crippen LogP contribution in [0.25, 0.3) is 0 Å². The second kappa shape index (κ2) is 3.77. The van der Waals surface area contributed by atoms with Crippen LogP contribution in [0.2, 0.25) is 0 Å². The third-order valence-electron chi connectivity index (χ3n) is 2.65. The highest BCUT2D eigenvalue weighted by Gasteiger charge is 2.25. The van der Waals surface area contributed by atoms with E-state index in [2.05, 4.69) is 15.6 Å². The smallest absolute Gasteiger partial charge is 0.288 e. The maximum atomic E-state index is 10.8. The Morgan fingerprint density at radius 3 is 2.29 bits per heavy atom. The number of carbonyl (C=O) groups is 2. The van der Waals surface area contributed by atoms with E-state index in [1.807, 2.05) is 0 Å². The number of rotatable bonds is 2. The Morgan fingerprint density at radius 1 is 1.14 bits per heavy atom. The molecule has 0 aromatic carbocycles. The van der Waals surface area contributed by atoms with E-state index in [-0.39, 0.29) is 0 Å². The maximum absolute atomic E-state index is 10.8. The lowest BCUT2D eigenvalue weighted by Gasteiger charge is -2.04. The van der Waals surface area contributed by atoms with Crippen molar-refractivity contribution < 1.29 is 9.59 Å². The van der Waals surface area contributed by atoms with Gasteiger partial charge in [0.15, 0.2) is 0 Å². The molecule has 1 aliphatic carbocycles. The molecule has 0 atom stereocenters. The van der Waals surface area contributed by atoms with Crippen LogP contribution < -0.4 is 10.6 Å². The highest BCUT2D eigenvalue weighted by Crippen LogP contribution is 2.24. The Balaban J connectivity index is 1.86. The molecule has 0 aromatic heterocycles. The van der Waals surface area contributed by atoms with Gasteiger partial charge in [0.05, 0.1) is 0 Å². The van der Waals surface area contributed by atoms with E-state index >= 15 is 0 Å². The van der Waals surface area contributed by atoms with E-state index in [1.165, 1.54) is 25.7 Å². The molecule has 0 bridgehead atoms. The summed E-state index contributed by atoms with van der Waals surface area (Å²) in [6.45, 7) is 0.704. The van der Waals surface area contributed by atoms with Crippen molar-refractivity contribution in [2.24, 2.45) is 10.9 Å². The average Bonchev–Trinajstić information content (AvgIpc) is 2.74. The summed E-state index contributed by atoms with van der Waals surface area (Å²) < 4.78 is 0. The van der Waals surface area contributed by atoms with Crippen LogP contribution in [0.3, 0.4) is 0 Å². The number of nitrogens with one attached hydrogen (secondary N) is 2. The highest BCUT2D eigenvalue weighted by molar-refractivity contribution is 6.45. The predicted molar refractivity (Wildman–Crippen MR) is 50.5 cm³/mol. The van der Waals surface area contributed by atoms with Crippen LogP contribution in [-0.2, 0) is 9.59 Å². The molecule has 1 heterocycles. The SMILES string of the molecule is O=C1NC(=NCC2CCCC2)NC1=O. The van der Waals surface area contributed by atoms with Crippen molar-refractivity contribution in [3.05, 3.63) is 0 Å². The Morgan fingerprint density at radius 2 is 1.71 bits per heavy atom. The van der Waals surface area contributed by atoms with Crippen molar-refractivity contribution in [1.29, 1.82) is 0 Å². The molecular weight excluding hydrogens is 182 g/mol. The van der Waals surface area contributed by atoms with E-state index in [0.29, 0.717) is 18.4 Å². The summed E-state index contributed by atoms with van der Waals surface area (Å²) in [6, 6.07) is 0. The molecule has 1 saturated heterocycles. The summed E-state index contributed by atoms with van der Waals surface area (Å²) >= 11 is 0. The number of amides is 2. The number of nitrogens with zero attached hydrogens (tertiary/aromatic N) is 1. The number of hydrogen-bond donors (Lipinski definition) is 2. The second-order valence-electron chi connectivity index (χ2n) is 3.75. The third-order valence-corrected chi connectivity index (χ3v) is 2.65. The minimum atomic E-state index is -0.616. The fraction of sp³-hybridized carbons (Fsp3) is 0.667. The average molecular weight is 195 g/mol. The van der Waals surface area contributed by atoms with Gasteiger partial charge in [0.25, 0.3) is 0 Å². The van der Waals surface area contributed by atoms with Gasteiger partial charge in [0.1, 0.15) is 0 Å². The molecule has 2 amide bonds. The zero-order valence-corrected chi connectivity index (χ0v) is 7.88. The zero-order chi connectivity index (χ0) is 9.97. The van der Waals surface area contributed by atoms with Gasteiger partial charge < -0.3 is 0 Å². The number of guanidine groups is 1. The summed E-state index contributed by atoms with van der Waals surface area (Å²) in [5, 5.41) is 4.76. The molecule has 5 heteroatoms. The van der Waals surface area contributed by atoms with Crippen LogP contribution in [-0.4, -0.2) is 24.3 Å². The first-order valence-corrected chi connectivity index (χ1v) is 4.92. The van der Waals surface area contributed by atoms with Crippen molar-refractivity contribution in [3.63, 3.8) is 0 Å². The van der Waals surface area contributed by atoms with Crippen LogP contribution in [0.15, 0.2) is 4.99 Å². The van der Waals surface area contributed by atoms with Crippen LogP contribution in [0.4, 0.5) is 0 Å². The van der Waals surface area contributed by atoms with Gasteiger partial charge in [0, 0.05) is 6.54 Å². The molecule has 0 aromatic rings. The molecule has 1 aliphatic heterocycles.